The minimum atomic E-state index is -0.850. The van der Waals surface area contributed by atoms with Crippen molar-refractivity contribution in [1.29, 1.82) is 0 Å². The number of benzene rings is 1. The van der Waals surface area contributed by atoms with E-state index in [1.165, 1.54) is 13.0 Å². The molecule has 0 aliphatic heterocycles. The lowest BCUT2D eigenvalue weighted by Gasteiger charge is -2.30. The maximum absolute atomic E-state index is 13.6. The number of carbonyl (C=O) groups is 1. The number of rotatable bonds is 6. The average Bonchev–Trinajstić information content (AvgIpc) is 2.44. The topological polar surface area (TPSA) is 55.1 Å². The Hall–Kier alpha value is -1.49. The van der Waals surface area contributed by atoms with Crippen molar-refractivity contribution < 1.29 is 13.6 Å². The number of amides is 1. The Morgan fingerprint density at radius 3 is 2.35 bits per heavy atom. The maximum atomic E-state index is 13.6. The molecular weight excluding hydrogens is 262 g/mol. The SMILES string of the molecule is CCC(CC)(CN)CNC(=O)c1cc(C)c(F)cc1F. The molecular formula is C15H22F2N2O. The van der Waals surface area contributed by atoms with E-state index < -0.39 is 17.5 Å². The third-order valence-electron chi connectivity index (χ3n) is 4.05. The second-order valence-electron chi connectivity index (χ2n) is 5.18. The lowest BCUT2D eigenvalue weighted by Crippen LogP contribution is -2.42. The molecule has 0 spiro atoms. The van der Waals surface area contributed by atoms with Crippen LogP contribution in [-0.2, 0) is 0 Å². The minimum Gasteiger partial charge on any atom is -0.351 e. The fraction of sp³-hybridized carbons (Fsp3) is 0.533. The van der Waals surface area contributed by atoms with Gasteiger partial charge in [0.15, 0.2) is 0 Å². The fourth-order valence-corrected chi connectivity index (χ4v) is 2.06. The van der Waals surface area contributed by atoms with Gasteiger partial charge in [-0.2, -0.15) is 0 Å². The van der Waals surface area contributed by atoms with Gasteiger partial charge in [-0.25, -0.2) is 8.78 Å². The van der Waals surface area contributed by atoms with E-state index in [9.17, 15) is 13.6 Å². The van der Waals surface area contributed by atoms with Crippen LogP contribution in [0.4, 0.5) is 8.78 Å². The Bertz CT molecular complexity index is 477. The summed E-state index contributed by atoms with van der Waals surface area (Å²) in [5, 5.41) is 2.70. The summed E-state index contributed by atoms with van der Waals surface area (Å²) in [5.74, 6) is -2.04. The van der Waals surface area contributed by atoms with Gasteiger partial charge in [0.1, 0.15) is 11.6 Å². The van der Waals surface area contributed by atoms with Gasteiger partial charge in [0.25, 0.3) is 5.91 Å². The second kappa shape index (κ2) is 6.79. The summed E-state index contributed by atoms with van der Waals surface area (Å²) < 4.78 is 26.8. The zero-order valence-corrected chi connectivity index (χ0v) is 12.2. The van der Waals surface area contributed by atoms with Crippen LogP contribution in [0.1, 0.15) is 42.6 Å². The number of aryl methyl sites for hydroxylation is 1. The van der Waals surface area contributed by atoms with Crippen molar-refractivity contribution in [2.75, 3.05) is 13.1 Å². The van der Waals surface area contributed by atoms with Gasteiger partial charge in [0.2, 0.25) is 0 Å². The average molecular weight is 284 g/mol. The predicted octanol–water partition coefficient (Wildman–Crippen LogP) is 2.77. The summed E-state index contributed by atoms with van der Waals surface area (Å²) in [6.07, 6.45) is 1.65. The number of hydrogen-bond donors (Lipinski definition) is 2. The molecule has 0 saturated heterocycles. The van der Waals surface area contributed by atoms with Crippen LogP contribution in [-0.4, -0.2) is 19.0 Å². The zero-order valence-electron chi connectivity index (χ0n) is 12.2. The summed E-state index contributed by atoms with van der Waals surface area (Å²) >= 11 is 0. The zero-order chi connectivity index (χ0) is 15.3. The summed E-state index contributed by atoms with van der Waals surface area (Å²) in [6, 6.07) is 1.96. The van der Waals surface area contributed by atoms with E-state index in [4.69, 9.17) is 5.73 Å². The Morgan fingerprint density at radius 1 is 1.25 bits per heavy atom. The maximum Gasteiger partial charge on any atom is 0.254 e. The van der Waals surface area contributed by atoms with Crippen LogP contribution in [0.3, 0.4) is 0 Å². The Labute approximate surface area is 118 Å². The first kappa shape index (κ1) is 16.6. The fourth-order valence-electron chi connectivity index (χ4n) is 2.06. The quantitative estimate of drug-likeness (QED) is 0.844. The second-order valence-corrected chi connectivity index (χ2v) is 5.18. The highest BCUT2D eigenvalue weighted by Gasteiger charge is 2.25. The van der Waals surface area contributed by atoms with E-state index >= 15 is 0 Å². The van der Waals surface area contributed by atoms with Crippen LogP contribution in [0.25, 0.3) is 0 Å². The Balaban J connectivity index is 2.85. The molecule has 3 nitrogen and oxygen atoms in total. The Morgan fingerprint density at radius 2 is 1.85 bits per heavy atom. The van der Waals surface area contributed by atoms with Gasteiger partial charge in [-0.1, -0.05) is 13.8 Å². The van der Waals surface area contributed by atoms with E-state index in [-0.39, 0.29) is 16.5 Å². The van der Waals surface area contributed by atoms with Gasteiger partial charge in [-0.3, -0.25) is 4.79 Å². The van der Waals surface area contributed by atoms with Crippen LogP contribution in [0.2, 0.25) is 0 Å². The van der Waals surface area contributed by atoms with Crippen molar-refractivity contribution in [2.24, 2.45) is 11.1 Å². The molecule has 1 aromatic rings. The summed E-state index contributed by atoms with van der Waals surface area (Å²) in [7, 11) is 0. The van der Waals surface area contributed by atoms with E-state index in [1.54, 1.807) is 0 Å². The van der Waals surface area contributed by atoms with Crippen molar-refractivity contribution >= 4 is 5.91 Å². The van der Waals surface area contributed by atoms with Crippen LogP contribution in [0, 0.1) is 24.0 Å². The van der Waals surface area contributed by atoms with Gasteiger partial charge in [-0.05, 0) is 43.4 Å². The first-order valence-corrected chi connectivity index (χ1v) is 6.83. The first-order chi connectivity index (χ1) is 9.39. The predicted molar refractivity (Wildman–Crippen MR) is 75.5 cm³/mol. The molecule has 0 atom stereocenters. The normalized spacial score (nSPS) is 11.5. The summed E-state index contributed by atoms with van der Waals surface area (Å²) in [6.45, 7) is 6.33. The van der Waals surface area contributed by atoms with Crippen molar-refractivity contribution in [3.63, 3.8) is 0 Å². The molecule has 0 unspecified atom stereocenters. The van der Waals surface area contributed by atoms with Gasteiger partial charge in [0.05, 0.1) is 5.56 Å². The number of carbonyl (C=O) groups excluding carboxylic acids is 1. The molecule has 1 aromatic carbocycles. The van der Waals surface area contributed by atoms with Gasteiger partial charge < -0.3 is 11.1 Å². The molecule has 0 radical (unpaired) electrons. The van der Waals surface area contributed by atoms with Crippen molar-refractivity contribution in [2.45, 2.75) is 33.6 Å². The monoisotopic (exact) mass is 284 g/mol. The molecule has 1 rings (SSSR count). The van der Waals surface area contributed by atoms with Crippen molar-refractivity contribution in [3.05, 3.63) is 34.9 Å². The molecule has 0 heterocycles. The van der Waals surface area contributed by atoms with Gasteiger partial charge >= 0.3 is 0 Å². The first-order valence-electron chi connectivity index (χ1n) is 6.83. The van der Waals surface area contributed by atoms with E-state index in [2.05, 4.69) is 5.32 Å². The summed E-state index contributed by atoms with van der Waals surface area (Å²) in [4.78, 5) is 12.0. The van der Waals surface area contributed by atoms with Crippen LogP contribution in [0.15, 0.2) is 12.1 Å². The van der Waals surface area contributed by atoms with Gasteiger partial charge in [-0.15, -0.1) is 0 Å². The van der Waals surface area contributed by atoms with E-state index in [0.29, 0.717) is 13.1 Å². The smallest absolute Gasteiger partial charge is 0.254 e. The third-order valence-corrected chi connectivity index (χ3v) is 4.05. The molecule has 0 aliphatic rings. The standard InChI is InChI=1S/C15H22F2N2O/c1-4-15(5-2,8-18)9-19-14(20)11-6-10(3)12(16)7-13(11)17/h6-7H,4-5,8-9,18H2,1-3H3,(H,19,20). The molecule has 0 aromatic heterocycles. The molecule has 0 saturated carbocycles. The molecule has 5 heteroatoms. The molecule has 20 heavy (non-hydrogen) atoms. The van der Waals surface area contributed by atoms with Crippen LogP contribution < -0.4 is 11.1 Å². The van der Waals surface area contributed by atoms with Crippen LogP contribution >= 0.6 is 0 Å². The lowest BCUT2D eigenvalue weighted by atomic mass is 9.82. The highest BCUT2D eigenvalue weighted by Crippen LogP contribution is 2.24. The largest absolute Gasteiger partial charge is 0.351 e. The summed E-state index contributed by atoms with van der Waals surface area (Å²) in [5.41, 5.74) is 5.68. The molecule has 0 aliphatic carbocycles. The third kappa shape index (κ3) is 3.54. The van der Waals surface area contributed by atoms with Crippen molar-refractivity contribution in [3.8, 4) is 0 Å². The highest BCUT2D eigenvalue weighted by atomic mass is 19.1. The molecule has 0 fully saturated rings. The molecule has 112 valence electrons. The van der Waals surface area contributed by atoms with Crippen LogP contribution in [0.5, 0.6) is 0 Å². The number of nitrogens with two attached hydrogens (primary N) is 1. The van der Waals surface area contributed by atoms with E-state index in [1.807, 2.05) is 13.8 Å². The van der Waals surface area contributed by atoms with Crippen molar-refractivity contribution in [1.82, 2.24) is 5.32 Å². The number of halogens is 2. The minimum absolute atomic E-state index is 0.137. The van der Waals surface area contributed by atoms with E-state index in [0.717, 1.165) is 18.9 Å². The molecule has 1 amide bonds. The highest BCUT2D eigenvalue weighted by molar-refractivity contribution is 5.94. The number of hydrogen-bond acceptors (Lipinski definition) is 2. The molecule has 0 bridgehead atoms. The lowest BCUT2D eigenvalue weighted by molar-refractivity contribution is 0.0924. The Kier molecular flexibility index (Phi) is 5.62. The number of nitrogens with one attached hydrogen (secondary N) is 1. The van der Waals surface area contributed by atoms with Gasteiger partial charge in [0, 0.05) is 12.6 Å². The molecule has 3 N–H and O–H groups in total.